The molecular formula is C24H23FN4O3. The number of hydrogen-bond donors (Lipinski definition) is 1. The molecule has 1 N–H and O–H groups in total. The highest BCUT2D eigenvalue weighted by Gasteiger charge is 2.24. The number of amides is 2. The van der Waals surface area contributed by atoms with Gasteiger partial charge in [0.15, 0.2) is 0 Å². The third kappa shape index (κ3) is 4.69. The van der Waals surface area contributed by atoms with E-state index < -0.39 is 5.82 Å². The Morgan fingerprint density at radius 2 is 1.69 bits per heavy atom. The van der Waals surface area contributed by atoms with Gasteiger partial charge in [-0.2, -0.15) is 0 Å². The zero-order valence-corrected chi connectivity index (χ0v) is 17.6. The molecule has 8 heteroatoms. The molecular weight excluding hydrogens is 411 g/mol. The van der Waals surface area contributed by atoms with Crippen LogP contribution in [0.25, 0.3) is 0 Å². The molecule has 2 heterocycles. The van der Waals surface area contributed by atoms with Crippen molar-refractivity contribution in [3.05, 3.63) is 83.8 Å². The van der Waals surface area contributed by atoms with Crippen LogP contribution in [0.4, 0.5) is 15.9 Å². The van der Waals surface area contributed by atoms with Crippen LogP contribution in [-0.2, 0) is 0 Å². The zero-order chi connectivity index (χ0) is 22.5. The van der Waals surface area contributed by atoms with Crippen molar-refractivity contribution in [1.82, 2.24) is 9.88 Å². The van der Waals surface area contributed by atoms with Crippen molar-refractivity contribution in [2.75, 3.05) is 43.5 Å². The van der Waals surface area contributed by atoms with E-state index >= 15 is 0 Å². The fourth-order valence-electron chi connectivity index (χ4n) is 3.58. The first-order valence-electron chi connectivity index (χ1n) is 10.3. The molecule has 1 saturated heterocycles. The van der Waals surface area contributed by atoms with Crippen LogP contribution in [0.1, 0.15) is 20.7 Å². The number of carbonyl (C=O) groups excluding carboxylic acids is 2. The monoisotopic (exact) mass is 434 g/mol. The van der Waals surface area contributed by atoms with Crippen molar-refractivity contribution in [3.8, 4) is 5.75 Å². The summed E-state index contributed by atoms with van der Waals surface area (Å²) in [5, 5.41) is 2.75. The van der Waals surface area contributed by atoms with Crippen LogP contribution in [0.2, 0.25) is 0 Å². The molecule has 0 spiro atoms. The van der Waals surface area contributed by atoms with Gasteiger partial charge in [0.05, 0.1) is 24.6 Å². The molecule has 0 bridgehead atoms. The Kier molecular flexibility index (Phi) is 6.30. The minimum absolute atomic E-state index is 0.0473. The van der Waals surface area contributed by atoms with Crippen LogP contribution >= 0.6 is 0 Å². The van der Waals surface area contributed by atoms with Crippen LogP contribution in [-0.4, -0.2) is 55.0 Å². The van der Waals surface area contributed by atoms with Gasteiger partial charge in [0.1, 0.15) is 17.4 Å². The number of pyridine rings is 1. The number of hydrogen-bond acceptors (Lipinski definition) is 5. The number of anilines is 2. The number of rotatable bonds is 5. The third-order valence-corrected chi connectivity index (χ3v) is 5.34. The SMILES string of the molecule is COc1ccccc1C(=O)N1CCN(c2ccc(NC(=O)c3ccc(F)cc3)cn2)CC1. The highest BCUT2D eigenvalue weighted by molar-refractivity contribution is 6.04. The van der Waals surface area contributed by atoms with E-state index in [1.54, 1.807) is 31.5 Å². The van der Waals surface area contributed by atoms with E-state index in [1.807, 2.05) is 23.1 Å². The van der Waals surface area contributed by atoms with E-state index in [0.29, 0.717) is 48.7 Å². The molecule has 7 nitrogen and oxygen atoms in total. The highest BCUT2D eigenvalue weighted by Crippen LogP contribution is 2.22. The number of benzene rings is 2. The molecule has 0 aliphatic carbocycles. The fourth-order valence-corrected chi connectivity index (χ4v) is 3.58. The summed E-state index contributed by atoms with van der Waals surface area (Å²) in [6.07, 6.45) is 1.59. The Morgan fingerprint density at radius 3 is 2.34 bits per heavy atom. The molecule has 0 saturated carbocycles. The van der Waals surface area contributed by atoms with Gasteiger partial charge in [0.2, 0.25) is 0 Å². The van der Waals surface area contributed by atoms with Crippen LogP contribution < -0.4 is 15.0 Å². The number of nitrogens with zero attached hydrogens (tertiary/aromatic N) is 3. The molecule has 1 aliphatic heterocycles. The standard InChI is InChI=1S/C24H23FN4O3/c1-32-21-5-3-2-4-20(21)24(31)29-14-12-28(13-15-29)22-11-10-19(16-26-22)27-23(30)17-6-8-18(25)9-7-17/h2-11,16H,12-15H2,1H3,(H,27,30). The Balaban J connectivity index is 1.34. The quantitative estimate of drug-likeness (QED) is 0.666. The number of halogens is 1. The Morgan fingerprint density at radius 1 is 0.969 bits per heavy atom. The number of nitrogens with one attached hydrogen (secondary N) is 1. The van der Waals surface area contributed by atoms with E-state index in [9.17, 15) is 14.0 Å². The van der Waals surface area contributed by atoms with E-state index in [0.717, 1.165) is 5.82 Å². The maximum Gasteiger partial charge on any atom is 0.257 e. The first-order valence-corrected chi connectivity index (χ1v) is 10.3. The number of aromatic nitrogens is 1. The summed E-state index contributed by atoms with van der Waals surface area (Å²) in [4.78, 5) is 33.5. The predicted octanol–water partition coefficient (Wildman–Crippen LogP) is 3.44. The summed E-state index contributed by atoms with van der Waals surface area (Å²) in [6, 6.07) is 16.2. The summed E-state index contributed by atoms with van der Waals surface area (Å²) in [6.45, 7) is 2.44. The average Bonchev–Trinajstić information content (AvgIpc) is 2.84. The number of ether oxygens (including phenoxy) is 1. The molecule has 0 unspecified atom stereocenters. The molecule has 3 aromatic rings. The molecule has 0 atom stereocenters. The molecule has 1 fully saturated rings. The Bertz CT molecular complexity index is 1090. The van der Waals surface area contributed by atoms with Crippen LogP contribution in [0.3, 0.4) is 0 Å². The largest absolute Gasteiger partial charge is 0.496 e. The summed E-state index contributed by atoms with van der Waals surface area (Å²) in [7, 11) is 1.56. The summed E-state index contributed by atoms with van der Waals surface area (Å²) in [5.41, 5.74) is 1.47. The molecule has 2 aromatic carbocycles. The third-order valence-electron chi connectivity index (χ3n) is 5.34. The van der Waals surface area contributed by atoms with E-state index in [-0.39, 0.29) is 11.8 Å². The van der Waals surface area contributed by atoms with Gasteiger partial charge in [-0.3, -0.25) is 9.59 Å². The first kappa shape index (κ1) is 21.3. The Labute approximate surface area is 185 Å². The van der Waals surface area contributed by atoms with Crippen molar-refractivity contribution in [2.45, 2.75) is 0 Å². The van der Waals surface area contributed by atoms with Crippen molar-refractivity contribution in [2.24, 2.45) is 0 Å². The van der Waals surface area contributed by atoms with Gasteiger partial charge in [-0.1, -0.05) is 12.1 Å². The van der Waals surface area contributed by atoms with Crippen molar-refractivity contribution >= 4 is 23.3 Å². The van der Waals surface area contributed by atoms with Gasteiger partial charge >= 0.3 is 0 Å². The number of para-hydroxylation sites is 1. The summed E-state index contributed by atoms with van der Waals surface area (Å²) < 4.78 is 18.3. The summed E-state index contributed by atoms with van der Waals surface area (Å²) in [5.74, 6) is 0.572. The smallest absolute Gasteiger partial charge is 0.257 e. The molecule has 1 aromatic heterocycles. The Hall–Kier alpha value is -3.94. The molecule has 0 radical (unpaired) electrons. The van der Waals surface area contributed by atoms with E-state index in [4.69, 9.17) is 4.74 Å². The maximum atomic E-state index is 13.0. The minimum atomic E-state index is -0.391. The number of carbonyl (C=O) groups is 2. The van der Waals surface area contributed by atoms with Crippen LogP contribution in [0.15, 0.2) is 66.9 Å². The molecule has 1 aliphatic rings. The lowest BCUT2D eigenvalue weighted by Gasteiger charge is -2.35. The number of piperazine rings is 1. The summed E-state index contributed by atoms with van der Waals surface area (Å²) >= 11 is 0. The lowest BCUT2D eigenvalue weighted by molar-refractivity contribution is 0.0743. The topological polar surface area (TPSA) is 74.8 Å². The van der Waals surface area contributed by atoms with Gasteiger partial charge in [0.25, 0.3) is 11.8 Å². The van der Waals surface area contributed by atoms with Gasteiger partial charge in [-0.05, 0) is 48.5 Å². The zero-order valence-electron chi connectivity index (χ0n) is 17.6. The second-order valence-electron chi connectivity index (χ2n) is 7.35. The van der Waals surface area contributed by atoms with Crippen LogP contribution in [0.5, 0.6) is 5.75 Å². The molecule has 164 valence electrons. The van der Waals surface area contributed by atoms with Crippen molar-refractivity contribution < 1.29 is 18.7 Å². The molecule has 4 rings (SSSR count). The lowest BCUT2D eigenvalue weighted by atomic mass is 10.1. The highest BCUT2D eigenvalue weighted by atomic mass is 19.1. The van der Waals surface area contributed by atoms with Gasteiger partial charge in [-0.25, -0.2) is 9.37 Å². The van der Waals surface area contributed by atoms with Crippen LogP contribution in [0, 0.1) is 5.82 Å². The first-order chi connectivity index (χ1) is 15.5. The van der Waals surface area contributed by atoms with Gasteiger partial charge in [-0.15, -0.1) is 0 Å². The minimum Gasteiger partial charge on any atom is -0.496 e. The predicted molar refractivity (Wildman–Crippen MR) is 120 cm³/mol. The lowest BCUT2D eigenvalue weighted by Crippen LogP contribution is -2.49. The van der Waals surface area contributed by atoms with Gasteiger partial charge in [0, 0.05) is 31.7 Å². The number of methoxy groups -OCH3 is 1. The van der Waals surface area contributed by atoms with Crippen molar-refractivity contribution in [1.29, 1.82) is 0 Å². The molecule has 32 heavy (non-hydrogen) atoms. The van der Waals surface area contributed by atoms with E-state index in [2.05, 4.69) is 15.2 Å². The van der Waals surface area contributed by atoms with Gasteiger partial charge < -0.3 is 19.9 Å². The van der Waals surface area contributed by atoms with Crippen molar-refractivity contribution in [3.63, 3.8) is 0 Å². The fraction of sp³-hybridized carbons (Fsp3) is 0.208. The second-order valence-corrected chi connectivity index (χ2v) is 7.35. The molecule has 2 amide bonds. The van der Waals surface area contributed by atoms with E-state index in [1.165, 1.54) is 24.3 Å². The average molecular weight is 434 g/mol. The second kappa shape index (κ2) is 9.47. The normalized spacial score (nSPS) is 13.6. The maximum absolute atomic E-state index is 13.0.